The second-order valence-corrected chi connectivity index (χ2v) is 8.25. The standard InChI is InChI=1S/C20H33N7S.HI/c1-3-19-25-18(16-28-19)15-26-12-6-17(7-13-26)14-23-20(21-2)22-8-4-10-27-11-5-9-24-27;/h5,9,11,16-17H,3-4,6-8,10,12-15H2,1-2H3,(H2,21,22,23);1H. The molecule has 0 atom stereocenters. The van der Waals surface area contributed by atoms with Crippen LogP contribution in [0, 0.1) is 5.92 Å². The highest BCUT2D eigenvalue weighted by Crippen LogP contribution is 2.19. The minimum Gasteiger partial charge on any atom is -0.356 e. The van der Waals surface area contributed by atoms with Gasteiger partial charge in [-0.3, -0.25) is 14.6 Å². The Hall–Kier alpha value is -1.20. The number of guanidine groups is 1. The summed E-state index contributed by atoms with van der Waals surface area (Å²) < 4.78 is 1.96. The molecule has 162 valence electrons. The van der Waals surface area contributed by atoms with Crippen LogP contribution in [0.1, 0.15) is 36.9 Å². The normalized spacial score (nSPS) is 15.9. The number of hydrogen-bond donors (Lipinski definition) is 2. The molecule has 0 bridgehead atoms. The number of aliphatic imine (C=N–C) groups is 1. The zero-order valence-electron chi connectivity index (χ0n) is 17.5. The smallest absolute Gasteiger partial charge is 0.190 e. The van der Waals surface area contributed by atoms with E-state index in [-0.39, 0.29) is 24.0 Å². The van der Waals surface area contributed by atoms with Crippen LogP contribution in [0.5, 0.6) is 0 Å². The van der Waals surface area contributed by atoms with Crippen LogP contribution in [0.15, 0.2) is 28.8 Å². The van der Waals surface area contributed by atoms with Crippen LogP contribution in [0.2, 0.25) is 0 Å². The molecular weight excluding hydrogens is 497 g/mol. The molecule has 3 heterocycles. The summed E-state index contributed by atoms with van der Waals surface area (Å²) in [7, 11) is 1.84. The van der Waals surface area contributed by atoms with Gasteiger partial charge in [0, 0.05) is 51.0 Å². The summed E-state index contributed by atoms with van der Waals surface area (Å²) in [5.41, 5.74) is 1.23. The fourth-order valence-corrected chi connectivity index (χ4v) is 4.24. The number of hydrogen-bond acceptors (Lipinski definition) is 5. The number of halogens is 1. The molecule has 7 nitrogen and oxygen atoms in total. The Balaban J connectivity index is 0.00000300. The van der Waals surface area contributed by atoms with Crippen molar-refractivity contribution in [2.45, 2.75) is 45.7 Å². The number of rotatable bonds is 9. The van der Waals surface area contributed by atoms with Gasteiger partial charge in [-0.15, -0.1) is 35.3 Å². The van der Waals surface area contributed by atoms with Crippen molar-refractivity contribution in [3.8, 4) is 0 Å². The molecule has 29 heavy (non-hydrogen) atoms. The van der Waals surface area contributed by atoms with Crippen LogP contribution < -0.4 is 10.6 Å². The van der Waals surface area contributed by atoms with Crippen LogP contribution >= 0.6 is 35.3 Å². The highest BCUT2D eigenvalue weighted by molar-refractivity contribution is 14.0. The lowest BCUT2D eigenvalue weighted by Crippen LogP contribution is -2.43. The number of nitrogens with zero attached hydrogens (tertiary/aromatic N) is 5. The molecule has 0 amide bonds. The molecule has 0 aromatic carbocycles. The Morgan fingerprint density at radius 2 is 2.14 bits per heavy atom. The van der Waals surface area contributed by atoms with Gasteiger partial charge in [0.05, 0.1) is 10.7 Å². The lowest BCUT2D eigenvalue weighted by Gasteiger charge is -2.31. The largest absolute Gasteiger partial charge is 0.356 e. The minimum absolute atomic E-state index is 0. The van der Waals surface area contributed by atoms with E-state index in [1.165, 1.54) is 23.5 Å². The number of thiazole rings is 1. The van der Waals surface area contributed by atoms with Gasteiger partial charge in [0.1, 0.15) is 0 Å². The zero-order chi connectivity index (χ0) is 19.6. The number of likely N-dealkylation sites (tertiary alicyclic amines) is 1. The third-order valence-electron chi connectivity index (χ3n) is 5.19. The third-order valence-corrected chi connectivity index (χ3v) is 6.23. The van der Waals surface area contributed by atoms with E-state index in [2.05, 4.69) is 37.9 Å². The summed E-state index contributed by atoms with van der Waals surface area (Å²) in [6.07, 6.45) is 8.34. The van der Waals surface area contributed by atoms with Crippen molar-refractivity contribution in [3.05, 3.63) is 34.5 Å². The monoisotopic (exact) mass is 531 g/mol. The van der Waals surface area contributed by atoms with Crippen molar-refractivity contribution >= 4 is 41.3 Å². The van der Waals surface area contributed by atoms with Crippen molar-refractivity contribution in [3.63, 3.8) is 0 Å². The van der Waals surface area contributed by atoms with E-state index >= 15 is 0 Å². The predicted octanol–water partition coefficient (Wildman–Crippen LogP) is 2.99. The van der Waals surface area contributed by atoms with E-state index in [9.17, 15) is 0 Å². The van der Waals surface area contributed by atoms with Gasteiger partial charge in [-0.25, -0.2) is 4.98 Å². The van der Waals surface area contributed by atoms with Crippen molar-refractivity contribution in [2.24, 2.45) is 10.9 Å². The molecule has 3 rings (SSSR count). The maximum Gasteiger partial charge on any atom is 0.190 e. The van der Waals surface area contributed by atoms with Gasteiger partial charge in [-0.2, -0.15) is 5.10 Å². The maximum absolute atomic E-state index is 4.70. The molecule has 1 fully saturated rings. The molecule has 1 saturated heterocycles. The van der Waals surface area contributed by atoms with Crippen LogP contribution in [0.3, 0.4) is 0 Å². The van der Waals surface area contributed by atoms with Gasteiger partial charge in [-0.1, -0.05) is 6.92 Å². The first-order chi connectivity index (χ1) is 13.8. The Labute approximate surface area is 195 Å². The van der Waals surface area contributed by atoms with Crippen LogP contribution in [-0.2, 0) is 19.5 Å². The van der Waals surface area contributed by atoms with Crippen molar-refractivity contribution in [1.29, 1.82) is 0 Å². The first-order valence-electron chi connectivity index (χ1n) is 10.3. The fourth-order valence-electron chi connectivity index (χ4n) is 3.50. The predicted molar refractivity (Wildman–Crippen MR) is 131 cm³/mol. The third kappa shape index (κ3) is 8.21. The quantitative estimate of drug-likeness (QED) is 0.226. The van der Waals surface area contributed by atoms with E-state index in [1.807, 2.05) is 30.2 Å². The lowest BCUT2D eigenvalue weighted by atomic mass is 9.97. The molecule has 1 aliphatic heterocycles. The topological polar surface area (TPSA) is 70.4 Å². The van der Waals surface area contributed by atoms with Gasteiger partial charge in [-0.05, 0) is 50.8 Å². The summed E-state index contributed by atoms with van der Waals surface area (Å²) >= 11 is 1.79. The number of nitrogens with one attached hydrogen (secondary N) is 2. The first kappa shape index (κ1) is 24.1. The maximum atomic E-state index is 4.70. The average molecular weight is 532 g/mol. The van der Waals surface area contributed by atoms with E-state index in [0.717, 1.165) is 58.1 Å². The number of piperidine rings is 1. The molecule has 1 aliphatic rings. The van der Waals surface area contributed by atoms with E-state index in [0.29, 0.717) is 5.92 Å². The number of aromatic nitrogens is 3. The van der Waals surface area contributed by atoms with Gasteiger partial charge < -0.3 is 10.6 Å². The Kier molecular flexibility index (Phi) is 10.9. The van der Waals surface area contributed by atoms with E-state index in [1.54, 1.807) is 11.3 Å². The highest BCUT2D eigenvalue weighted by atomic mass is 127. The summed E-state index contributed by atoms with van der Waals surface area (Å²) in [4.78, 5) is 11.6. The van der Waals surface area contributed by atoms with Crippen LogP contribution in [0.4, 0.5) is 0 Å². The van der Waals surface area contributed by atoms with E-state index < -0.39 is 0 Å². The second kappa shape index (κ2) is 13.2. The SMILES string of the molecule is CCc1nc(CN2CCC(CNC(=NC)NCCCn3cccn3)CC2)cs1.I. The lowest BCUT2D eigenvalue weighted by molar-refractivity contribution is 0.176. The van der Waals surface area contributed by atoms with Gasteiger partial charge >= 0.3 is 0 Å². The molecule has 0 spiro atoms. The molecule has 0 unspecified atom stereocenters. The first-order valence-corrected chi connectivity index (χ1v) is 11.2. The van der Waals surface area contributed by atoms with Crippen molar-refractivity contribution in [2.75, 3.05) is 33.2 Å². The van der Waals surface area contributed by atoms with Crippen molar-refractivity contribution in [1.82, 2.24) is 30.3 Å². The Bertz CT molecular complexity index is 708. The zero-order valence-corrected chi connectivity index (χ0v) is 20.7. The summed E-state index contributed by atoms with van der Waals surface area (Å²) in [5, 5.41) is 14.6. The molecule has 0 radical (unpaired) electrons. The molecule has 0 saturated carbocycles. The molecule has 9 heteroatoms. The Morgan fingerprint density at radius 1 is 1.31 bits per heavy atom. The summed E-state index contributed by atoms with van der Waals surface area (Å²) in [5.74, 6) is 1.61. The summed E-state index contributed by atoms with van der Waals surface area (Å²) in [6.45, 7) is 8.28. The molecule has 2 aromatic heterocycles. The van der Waals surface area contributed by atoms with Crippen LogP contribution in [-0.4, -0.2) is 58.9 Å². The fraction of sp³-hybridized carbons (Fsp3) is 0.650. The van der Waals surface area contributed by atoms with Gasteiger partial charge in [0.25, 0.3) is 0 Å². The molecule has 2 aromatic rings. The van der Waals surface area contributed by atoms with Gasteiger partial charge in [0.15, 0.2) is 5.96 Å². The van der Waals surface area contributed by atoms with Crippen LogP contribution in [0.25, 0.3) is 0 Å². The molecular formula is C20H34IN7S. The van der Waals surface area contributed by atoms with E-state index in [4.69, 9.17) is 4.98 Å². The molecule has 2 N–H and O–H groups in total. The second-order valence-electron chi connectivity index (χ2n) is 7.31. The highest BCUT2D eigenvalue weighted by Gasteiger charge is 2.20. The van der Waals surface area contributed by atoms with Crippen molar-refractivity contribution < 1.29 is 0 Å². The number of aryl methyl sites for hydroxylation is 2. The minimum atomic E-state index is 0. The Morgan fingerprint density at radius 3 is 2.79 bits per heavy atom. The summed E-state index contributed by atoms with van der Waals surface area (Å²) in [6, 6.07) is 1.96. The van der Waals surface area contributed by atoms with Gasteiger partial charge in [0.2, 0.25) is 0 Å². The molecule has 0 aliphatic carbocycles. The average Bonchev–Trinajstić information content (AvgIpc) is 3.40.